The summed E-state index contributed by atoms with van der Waals surface area (Å²) in [5.41, 5.74) is 6.00. The largest absolute Gasteiger partial charge is 0.397 e. The Bertz CT molecular complexity index is 2410. The van der Waals surface area contributed by atoms with E-state index in [0.717, 1.165) is 0 Å². The van der Waals surface area contributed by atoms with Crippen LogP contribution in [0.2, 0.25) is 0 Å². The average Bonchev–Trinajstić information content (AvgIpc) is 3.18. The molecule has 1 aromatic carbocycles. The molecule has 1 aromatic rings. The fourth-order valence-electron chi connectivity index (χ4n) is 2.71. The second-order valence-electron chi connectivity index (χ2n) is 7.09. The number of hydrogen-bond acceptors (Lipinski definition) is 4. The van der Waals surface area contributed by atoms with Crippen LogP contribution in [0.25, 0.3) is 0 Å². The van der Waals surface area contributed by atoms with Crippen LogP contribution in [0.1, 0.15) is 64.8 Å². The van der Waals surface area contributed by atoms with E-state index in [1.54, 1.807) is 138 Å². The van der Waals surface area contributed by atoms with Gasteiger partial charge in [-0.15, -0.1) is 0 Å². The molecule has 0 saturated carbocycles. The van der Waals surface area contributed by atoms with Gasteiger partial charge in [0.15, 0.2) is 0 Å². The fourth-order valence-corrected chi connectivity index (χ4v) is 60.3. The maximum Gasteiger partial charge on any atom is 0.0550 e. The van der Waals surface area contributed by atoms with Gasteiger partial charge in [-0.1, -0.05) is 41.3 Å². The zero-order valence-corrected chi connectivity index (χ0v) is 40.9. The molecule has 0 spiro atoms. The van der Waals surface area contributed by atoms with Gasteiger partial charge in [-0.2, -0.15) is 0 Å². The third-order valence-electron chi connectivity index (χ3n) is 4.91. The van der Waals surface area contributed by atoms with Gasteiger partial charge in [0.25, 0.3) is 0 Å². The molecule has 0 heterocycles. The number of anilines is 2. The highest BCUT2D eigenvalue weighted by atomic mass is 33.5. The maximum absolute atomic E-state index is 8.15. The second kappa shape index (κ2) is 25.3. The van der Waals surface area contributed by atoms with E-state index in [2.05, 4.69) is 0 Å². The highest BCUT2D eigenvalue weighted by Crippen LogP contribution is 2.62. The summed E-state index contributed by atoms with van der Waals surface area (Å²) in [6.07, 6.45) is 0. The lowest BCUT2D eigenvalue weighted by atomic mass is 9.59. The minimum atomic E-state index is -3.13. The van der Waals surface area contributed by atoms with Crippen molar-refractivity contribution < 1.29 is 12.3 Å². The number of nitrogens with two attached hydrogens (primary N) is 2. The van der Waals surface area contributed by atoms with Gasteiger partial charge in [-0.25, -0.2) is 0 Å². The maximum atomic E-state index is 8.15. The van der Waals surface area contributed by atoms with Crippen molar-refractivity contribution in [1.82, 2.24) is 0 Å². The standard InChI is InChI=1S/C15H24N2.S25/c1-13(2)9-7-11(16)12(17)8-10(9)14(3,4)15(13,5)6;1-3-5-7-9-11-13-15-17-19-21-23-25-24-22-20-18-16-14-12-10-8-6-4-2/h7-8H,16-17H2,1-6H3;/i1D3,2D3,5D3;. The molecule has 2 rings (SSSR count). The molecule has 0 fully saturated rings. The van der Waals surface area contributed by atoms with Gasteiger partial charge >= 0.3 is 0 Å². The molecule has 0 aliphatic heterocycles. The van der Waals surface area contributed by atoms with E-state index in [9.17, 15) is 0 Å². The Balaban J connectivity index is 0.000000511. The molecular weight excluding hydrogens is 1010 g/mol. The lowest BCUT2D eigenvalue weighted by Gasteiger charge is -2.44. The molecule has 0 amide bonds. The van der Waals surface area contributed by atoms with Gasteiger partial charge in [0.05, 0.1) is 11.4 Å². The quantitative estimate of drug-likeness (QED) is 0.392. The summed E-state index contributed by atoms with van der Waals surface area (Å²) >= 11 is 9.55. The Kier molecular flexibility index (Phi) is 18.7. The van der Waals surface area contributed by atoms with Crippen molar-refractivity contribution in [2.24, 2.45) is 5.41 Å². The number of rotatable bonds is 0. The van der Waals surface area contributed by atoms with E-state index >= 15 is 0 Å². The van der Waals surface area contributed by atoms with Crippen LogP contribution in [0.15, 0.2) is 12.1 Å². The molecule has 0 bridgehead atoms. The minimum Gasteiger partial charge on any atom is -0.397 e. The van der Waals surface area contributed by atoms with Crippen molar-refractivity contribution in [2.75, 3.05) is 11.5 Å². The van der Waals surface area contributed by atoms with Gasteiger partial charge in [0, 0.05) is 239 Å². The van der Waals surface area contributed by atoms with E-state index in [4.69, 9.17) is 46.2 Å². The zero-order chi connectivity index (χ0) is 39.0. The van der Waals surface area contributed by atoms with Crippen molar-refractivity contribution in [3.8, 4) is 0 Å². The Hall–Kier alpha value is 4.32. The first-order chi connectivity index (χ1) is 23.7. The van der Waals surface area contributed by atoms with Gasteiger partial charge in [0.1, 0.15) is 0 Å². The van der Waals surface area contributed by atoms with Crippen LogP contribution < -0.4 is 11.5 Å². The summed E-state index contributed by atoms with van der Waals surface area (Å²) < 4.78 is 73.4. The van der Waals surface area contributed by atoms with Crippen LogP contribution in [0.5, 0.6) is 0 Å². The molecule has 1 atom stereocenters. The van der Waals surface area contributed by atoms with E-state index in [-0.39, 0.29) is 22.5 Å². The predicted octanol–water partition coefficient (Wildman–Crippen LogP) is 3.39. The normalized spacial score (nSPS) is 20.3. The monoisotopic (exact) mass is 1040 g/mol. The third kappa shape index (κ3) is 15.9. The smallest absolute Gasteiger partial charge is 0.0550 e. The summed E-state index contributed by atoms with van der Waals surface area (Å²) in [6, 6.07) is 2.63. The van der Waals surface area contributed by atoms with Gasteiger partial charge in [-0.3, -0.25) is 0 Å². The van der Waals surface area contributed by atoms with Crippen LogP contribution in [-0.4, -0.2) is 0 Å². The zero-order valence-electron chi connectivity index (χ0n) is 29.5. The fraction of sp³-hybridized carbons (Fsp3) is 0.600. The Morgan fingerprint density at radius 2 is 0.738 bits per heavy atom. The summed E-state index contributed by atoms with van der Waals surface area (Å²) in [6.45, 7) is -4.83. The van der Waals surface area contributed by atoms with Crippen LogP contribution >= 0.6 is 0 Å². The Labute approximate surface area is 336 Å². The summed E-state index contributed by atoms with van der Waals surface area (Å²) in [4.78, 5) is 0. The van der Waals surface area contributed by atoms with Crippen LogP contribution in [-0.2, 0) is 237 Å². The molecule has 0 radical (unpaired) electrons. The van der Waals surface area contributed by atoms with Gasteiger partial charge in [-0.05, 0) is 39.5 Å². The molecule has 0 aromatic heterocycles. The highest BCUT2D eigenvalue weighted by molar-refractivity contribution is 8.79. The van der Waals surface area contributed by atoms with Crippen LogP contribution in [0, 0.1) is 5.41 Å². The minimum absolute atomic E-state index is 0.0206. The molecule has 42 heavy (non-hydrogen) atoms. The van der Waals surface area contributed by atoms with Crippen molar-refractivity contribution >= 4 is 238 Å². The summed E-state index contributed by atoms with van der Waals surface area (Å²) in [5.74, 6) is 0. The molecule has 4 N–H and O–H groups in total. The topological polar surface area (TPSA) is 52.0 Å². The van der Waals surface area contributed by atoms with E-state index in [1.807, 2.05) is 62.2 Å². The van der Waals surface area contributed by atoms with Gasteiger partial charge in [0.2, 0.25) is 0 Å². The Morgan fingerprint density at radius 3 is 0.976 bits per heavy atom. The molecule has 27 heteroatoms. The molecule has 2 nitrogen and oxygen atoms in total. The van der Waals surface area contributed by atoms with E-state index < -0.39 is 36.8 Å². The average molecular weight is 1040 g/mol. The second-order valence-corrected chi connectivity index (χ2v) is 47.8. The molecule has 0 saturated heterocycles. The number of nitrogen functional groups attached to an aromatic ring is 2. The van der Waals surface area contributed by atoms with Crippen LogP contribution in [0.4, 0.5) is 11.4 Å². The molecule has 244 valence electrons. The summed E-state index contributed by atoms with van der Waals surface area (Å²) in [7, 11) is 40.0. The van der Waals surface area contributed by atoms with E-state index in [1.165, 1.54) is 36.8 Å². The number of hydrogen-bond donors (Lipinski definition) is 2. The van der Waals surface area contributed by atoms with E-state index in [0.29, 0.717) is 0 Å². The SMILES string of the molecule is S=S=S=S=S=S=S=S=S=S=S=S=S=S=S=S=S=S=S=S=S=S=S=S=S.[2H]C([2H])([2H])C1(C)C(C)(C)c2cc(N)c(N)cc2C1(C([2H])([2H])[2H])C([2H])([2H])[2H]. The van der Waals surface area contributed by atoms with Crippen molar-refractivity contribution in [2.45, 2.75) is 52.2 Å². The molecule has 1 unspecified atom stereocenters. The van der Waals surface area contributed by atoms with Crippen molar-refractivity contribution in [3.63, 3.8) is 0 Å². The van der Waals surface area contributed by atoms with Crippen molar-refractivity contribution in [3.05, 3.63) is 23.3 Å². The molecule has 1 aliphatic rings. The highest BCUT2D eigenvalue weighted by Gasteiger charge is 2.56. The van der Waals surface area contributed by atoms with Crippen LogP contribution in [0.3, 0.4) is 0 Å². The number of fused-ring (bicyclic) bond motifs is 1. The third-order valence-corrected chi connectivity index (χ3v) is 53.8. The molecule has 1 aliphatic carbocycles. The van der Waals surface area contributed by atoms with Crippen molar-refractivity contribution in [1.29, 1.82) is 0 Å². The first-order valence-electron chi connectivity index (χ1n) is 14.0. The predicted molar refractivity (Wildman–Crippen MR) is 259 cm³/mol. The lowest BCUT2D eigenvalue weighted by Crippen LogP contribution is -2.42. The molecular formula is C15H24N2S25. The lowest BCUT2D eigenvalue weighted by molar-refractivity contribution is 0.125. The van der Waals surface area contributed by atoms with Gasteiger partial charge < -0.3 is 11.5 Å². The Morgan fingerprint density at radius 1 is 0.476 bits per heavy atom. The first-order valence-corrected chi connectivity index (χ1v) is 41.5. The number of benzene rings is 1. The summed E-state index contributed by atoms with van der Waals surface area (Å²) in [5, 5.41) is 0. The first kappa shape index (κ1) is 31.1.